The molecule has 0 aliphatic carbocycles. The molecule has 0 saturated carbocycles. The third-order valence-corrected chi connectivity index (χ3v) is 25.6. The summed E-state index contributed by atoms with van der Waals surface area (Å²) in [5, 5.41) is 49.6. The van der Waals surface area contributed by atoms with Crippen molar-refractivity contribution in [3.8, 4) is 37.0 Å². The Labute approximate surface area is 875 Å². The van der Waals surface area contributed by atoms with Crippen molar-refractivity contribution in [2.75, 3.05) is 19.7 Å². The maximum atomic E-state index is 12.2. The van der Waals surface area contributed by atoms with Crippen LogP contribution in [0.15, 0.2) is 300 Å². The van der Waals surface area contributed by atoms with Crippen LogP contribution in [0.4, 0.5) is 0 Å². The molecule has 0 radical (unpaired) electrons. The Hall–Kier alpha value is -11.1. The number of ketones is 1. The van der Waals surface area contributed by atoms with Crippen molar-refractivity contribution in [1.82, 2.24) is 10.6 Å². The van der Waals surface area contributed by atoms with E-state index in [0.29, 0.717) is 94.2 Å². The molecule has 0 aromatic heterocycles. The Morgan fingerprint density at radius 2 is 0.747 bits per heavy atom. The Morgan fingerprint density at radius 3 is 1.06 bits per heavy atom. The number of rotatable bonds is 43. The number of allylic oxidation sites excluding steroid dienone is 28. The van der Waals surface area contributed by atoms with Crippen LogP contribution in [-0.4, -0.2) is 186 Å². The van der Waals surface area contributed by atoms with E-state index in [0.717, 1.165) is 54.4 Å². The van der Waals surface area contributed by atoms with Gasteiger partial charge in [0, 0.05) is 105 Å². The quantitative estimate of drug-likeness (QED) is 0.00535. The minimum absolute atomic E-state index is 0.0110. The number of nitrogens with one attached hydrogen (secondary N) is 2. The van der Waals surface area contributed by atoms with Gasteiger partial charge in [0.05, 0.1) is 86.3 Å². The molecule has 0 aromatic carbocycles. The summed E-state index contributed by atoms with van der Waals surface area (Å²) in [6.07, 6.45) is 95.2. The minimum atomic E-state index is -0.827. The van der Waals surface area contributed by atoms with E-state index in [4.69, 9.17) is 66.9 Å². The van der Waals surface area contributed by atoms with Crippen LogP contribution in [0.25, 0.3) is 0 Å². The summed E-state index contributed by atoms with van der Waals surface area (Å²) in [7, 11) is 0. The molecule has 10 N–H and O–H groups in total. The second-order valence-corrected chi connectivity index (χ2v) is 39.5. The molecule has 22 heteroatoms. The highest BCUT2D eigenvalue weighted by molar-refractivity contribution is 5.85. The highest BCUT2D eigenvalue weighted by Gasteiger charge is 2.41. The predicted octanol–water partition coefficient (Wildman–Crippen LogP) is 21.0. The van der Waals surface area contributed by atoms with Crippen molar-refractivity contribution in [2.24, 2.45) is 58.8 Å². The number of hydrogen-bond donors (Lipinski definition) is 8. The summed E-state index contributed by atoms with van der Waals surface area (Å²) in [5.74, 6) is 8.73. The van der Waals surface area contributed by atoms with Crippen LogP contribution < -0.4 is 22.1 Å². The van der Waals surface area contributed by atoms with Gasteiger partial charge in [-0.3, -0.25) is 4.79 Å². The smallest absolute Gasteiger partial charge is 0.331 e. The maximum Gasteiger partial charge on any atom is 0.331 e. The fourth-order valence-electron chi connectivity index (χ4n) is 17.9. The third-order valence-electron chi connectivity index (χ3n) is 25.6. The average molecular weight is 2010 g/mol. The van der Waals surface area contributed by atoms with Gasteiger partial charge in [-0.15, -0.1) is 25.2 Å². The van der Waals surface area contributed by atoms with Crippen LogP contribution in [0.3, 0.4) is 0 Å². The first-order valence-electron chi connectivity index (χ1n) is 51.9. The molecule has 0 aromatic rings. The van der Waals surface area contributed by atoms with Gasteiger partial charge in [-0.1, -0.05) is 306 Å². The Kier molecular flexibility index (Phi) is 62.3. The van der Waals surface area contributed by atoms with Crippen LogP contribution in [0.1, 0.15) is 222 Å². The van der Waals surface area contributed by atoms with Crippen molar-refractivity contribution >= 4 is 29.7 Å². The number of aliphatic hydroxyl groups is 4. The number of Topliss-reactive ketones (excluding diaryl/α,β-unsaturated/α-hetero) is 1. The Morgan fingerprint density at radius 1 is 0.445 bits per heavy atom. The number of esters is 4. The van der Waals surface area contributed by atoms with Gasteiger partial charge < -0.3 is 85.2 Å². The molecule has 8 heterocycles. The minimum Gasteiger partial charge on any atom is -0.479 e. The number of cyclic esters (lactones) is 4. The molecular formula is C124H174N4O18. The lowest BCUT2D eigenvalue weighted by molar-refractivity contribution is -0.147. The van der Waals surface area contributed by atoms with E-state index in [-0.39, 0.29) is 145 Å². The van der Waals surface area contributed by atoms with Gasteiger partial charge in [0.1, 0.15) is 36.8 Å². The van der Waals surface area contributed by atoms with Crippen LogP contribution in [-0.2, 0) is 66.6 Å². The standard InChI is InChI=1S/C34H47NO5.C31H43NO4.C28H41NO4.C28H38O5.C3H5N/c1-8-10-20-38-28(7)35-30-23-33(40-32(13-9-2)27(30)6)31(36)16-11-14-24(3)21-26(5)22-25(4)18-19-29-15-12-17-34(37)39-29;1-7-11-29-25(6)27(32-18-8-2)21-30(36-29)28(33)14-9-12-22(3)19-24(5)20-23(4)16-17-26-13-10-15-31(34)35-26;1-6-9-26-22(5)24(29)18-27(33-26)25(30)12-7-10-19(2)16-21(4)17-20(3)14-15-23-11-8-13-28(31)32-23;1-6-9-26-22(5)25(30)18-27(33-26)24(29)12-7-10-19(2)16-21(4)17-20(3)14-15-23-11-8-13-28(31)32-23;1-2-3-4/h1,9,11-14,16-19,22,26-27,29-33,35-36H,7,10,15,20-21,23H2,2-6H3;2,7,9-12,14-17,20,24-30,32-33H,13,18-19,21H2,1,3-6H3;6-10,12-15,17,21-27,30H,11,16,18,29H2,1-5H3;6-10,12-15,17,21-24,26-27,29H,11,16,18H2,1-5H3;1H,3-4H2/b13-9+,16-11+,19-18+,24-14+,25-22-;11-7+,14-9+,17-16+,22-12+,23-20-;2*9-6+,12-7+,15-14+,19-10+,20-17-;/t26-,27+,29-,30?,31-,32+,33+;24-,25+,26-,27?,28-,29+,30+;21-,22+,23-,24?,25-,26+,27+;21-,22+,23-,24-,26+,27+;/m1111./s1. The van der Waals surface area contributed by atoms with E-state index in [2.05, 4.69) is 169 Å². The summed E-state index contributed by atoms with van der Waals surface area (Å²) >= 11 is 0. The molecule has 0 spiro atoms. The van der Waals surface area contributed by atoms with E-state index in [9.17, 15) is 44.4 Å². The lowest BCUT2D eigenvalue weighted by Crippen LogP contribution is -2.51. The van der Waals surface area contributed by atoms with Gasteiger partial charge in [-0.05, 0) is 183 Å². The highest BCUT2D eigenvalue weighted by Crippen LogP contribution is 2.34. The second kappa shape index (κ2) is 71.5. The zero-order valence-corrected chi connectivity index (χ0v) is 90.6. The number of carbonyl (C=O) groups is 5. The summed E-state index contributed by atoms with van der Waals surface area (Å²) in [4.78, 5) is 57.5. The number of nitrogens with two attached hydrogens (primary N) is 2. The van der Waals surface area contributed by atoms with Crippen molar-refractivity contribution in [3.05, 3.63) is 300 Å². The fraction of sp³-hybridized carbons (Fsp3) is 0.508. The van der Waals surface area contributed by atoms with Crippen molar-refractivity contribution in [3.63, 3.8) is 0 Å². The molecule has 146 heavy (non-hydrogen) atoms. The molecule has 0 amide bonds. The Balaban J connectivity index is 0.000000401. The van der Waals surface area contributed by atoms with Crippen LogP contribution in [0, 0.1) is 84.4 Å². The number of carbonyl (C=O) groups excluding carboxylic acids is 5. The lowest BCUT2D eigenvalue weighted by atomic mass is 9.86. The molecule has 22 nitrogen and oxygen atoms in total. The molecular weight excluding hydrogens is 1830 g/mol. The SMILES string of the molecule is C#CCCOC(=C)NC1C[C@@H]([C@H](O)/C=C/C=C(\C)C[C@@H](C)/C=C(C)\C=C\[C@H]2CC=CC(=O)O2)O[C@@H](/C=C/C)[C@H]1C.C#CCN.C#CCNC1C[C@@H]([C@H](O)/C=C/C=C(\C)C[C@@H](C)/C=C(C)\C=C\[C@H]2CC=CC(=O)O2)O[C@@H](/C=C/C)[C@H]1C.C/C=C/[C@@H]1O[C@H]([C@H](O)/C=C/C=C(\C)C[C@@H](C)/C=C(C)\C=C\[C@H]2CC=CC(=O)O2)CC(=O)[C@@H]1C.C/C=C/[C@@H]1O[C@H]([C@H](O)/C=C/C=C(\C)C[C@@H](C)/C=C(C)\C=C\[C@H]2CC=CC(=O)O2)CC(N)[C@@H]1C. The van der Waals surface area contributed by atoms with E-state index < -0.39 is 30.5 Å². The second-order valence-electron chi connectivity index (χ2n) is 39.5. The molecule has 3 unspecified atom stereocenters. The summed E-state index contributed by atoms with van der Waals surface area (Å²) in [5.41, 5.74) is 20.4. The maximum absolute atomic E-state index is 12.2. The lowest BCUT2D eigenvalue weighted by Gasteiger charge is -2.41. The highest BCUT2D eigenvalue weighted by atomic mass is 16.6. The number of terminal acetylenes is 3. The summed E-state index contributed by atoms with van der Waals surface area (Å²) in [6, 6.07) is 0.231. The predicted molar refractivity (Wildman–Crippen MR) is 593 cm³/mol. The summed E-state index contributed by atoms with van der Waals surface area (Å²) in [6.45, 7) is 46.5. The number of hydrogen-bond acceptors (Lipinski definition) is 22. The third kappa shape index (κ3) is 52.0. The number of aliphatic hydroxyl groups excluding tert-OH is 4. The van der Waals surface area contributed by atoms with Crippen LogP contribution in [0.2, 0.25) is 0 Å². The van der Waals surface area contributed by atoms with Gasteiger partial charge in [-0.2, -0.15) is 0 Å². The number of ether oxygens (including phenoxy) is 9. The Bertz CT molecular complexity index is 4990. The van der Waals surface area contributed by atoms with Gasteiger partial charge in [0.25, 0.3) is 0 Å². The molecule has 8 aliphatic heterocycles. The van der Waals surface area contributed by atoms with Crippen LogP contribution >= 0.6 is 0 Å². The monoisotopic (exact) mass is 2010 g/mol. The van der Waals surface area contributed by atoms with E-state index >= 15 is 0 Å². The molecule has 4 fully saturated rings. The molecule has 8 rings (SSSR count). The topological polar surface area (TPSA) is 325 Å². The van der Waals surface area contributed by atoms with Gasteiger partial charge in [0.15, 0.2) is 5.88 Å². The zero-order chi connectivity index (χ0) is 108. The average Bonchev–Trinajstić information content (AvgIpc) is 0.829. The molecule has 27 atom stereocenters. The van der Waals surface area contributed by atoms with Crippen molar-refractivity contribution in [2.45, 2.75) is 338 Å². The molecule has 8 aliphatic rings. The van der Waals surface area contributed by atoms with Gasteiger partial charge in [-0.25, -0.2) is 19.2 Å². The first-order valence-corrected chi connectivity index (χ1v) is 51.9. The normalized spacial score (nSPS) is 28.7. The molecule has 4 saturated heterocycles. The fourth-order valence-corrected chi connectivity index (χ4v) is 17.9. The summed E-state index contributed by atoms with van der Waals surface area (Å²) < 4.78 is 51.1. The van der Waals surface area contributed by atoms with Crippen molar-refractivity contribution in [1.29, 1.82) is 0 Å². The molecule has 0 bridgehead atoms. The van der Waals surface area contributed by atoms with Gasteiger partial charge in [0.2, 0.25) is 0 Å². The van der Waals surface area contributed by atoms with Gasteiger partial charge >= 0.3 is 23.9 Å². The van der Waals surface area contributed by atoms with E-state index in [1.807, 2.05) is 212 Å². The van der Waals surface area contributed by atoms with E-state index in [1.165, 1.54) is 46.6 Å². The van der Waals surface area contributed by atoms with E-state index in [1.54, 1.807) is 18.2 Å². The molecule has 798 valence electrons. The van der Waals surface area contributed by atoms with Crippen molar-refractivity contribution < 1.29 is 87.0 Å². The first-order chi connectivity index (χ1) is 69.6. The largest absolute Gasteiger partial charge is 0.479 e. The van der Waals surface area contributed by atoms with Crippen LogP contribution in [0.5, 0.6) is 0 Å². The zero-order valence-electron chi connectivity index (χ0n) is 90.6. The first kappa shape index (κ1) is 127.